The van der Waals surface area contributed by atoms with Gasteiger partial charge in [-0.2, -0.15) is 0 Å². The number of quaternary nitrogens is 1. The molecule has 0 aliphatic rings. The van der Waals surface area contributed by atoms with Gasteiger partial charge >= 0.3 is 5.97 Å². The van der Waals surface area contributed by atoms with Crippen LogP contribution in [0.4, 0.5) is 0 Å². The monoisotopic (exact) mass is 174 g/mol. The van der Waals surface area contributed by atoms with Gasteiger partial charge in [0.05, 0.1) is 6.61 Å². The molecule has 0 amide bonds. The number of rotatable bonds is 5. The van der Waals surface area contributed by atoms with Crippen molar-refractivity contribution >= 4 is 5.97 Å². The molecular formula is C9H20NO2+. The van der Waals surface area contributed by atoms with E-state index in [0.717, 1.165) is 12.8 Å². The summed E-state index contributed by atoms with van der Waals surface area (Å²) in [5, 5.41) is 0. The maximum atomic E-state index is 10.9. The van der Waals surface area contributed by atoms with Gasteiger partial charge in [-0.15, -0.1) is 0 Å². The third-order valence-electron chi connectivity index (χ3n) is 1.57. The fraction of sp³-hybridized carbons (Fsp3) is 0.889. The Labute approximate surface area is 74.3 Å². The molecule has 0 spiro atoms. The van der Waals surface area contributed by atoms with Crippen LogP contribution in [0.3, 0.4) is 0 Å². The van der Waals surface area contributed by atoms with Crippen LogP contribution in [-0.4, -0.2) is 18.6 Å². The molecule has 72 valence electrons. The summed E-state index contributed by atoms with van der Waals surface area (Å²) in [6.45, 7) is 6.60. The summed E-state index contributed by atoms with van der Waals surface area (Å²) < 4.78 is 4.95. The summed E-state index contributed by atoms with van der Waals surface area (Å²) in [7, 11) is 0. The first-order valence-electron chi connectivity index (χ1n) is 4.53. The van der Waals surface area contributed by atoms with Crippen molar-refractivity contribution in [2.24, 2.45) is 5.92 Å². The maximum absolute atomic E-state index is 10.9. The number of hydrogen-bond donors (Lipinski definition) is 1. The van der Waals surface area contributed by atoms with Gasteiger partial charge in [-0.05, 0) is 25.7 Å². The second-order valence-corrected chi connectivity index (χ2v) is 3.60. The molecule has 0 aliphatic heterocycles. The molecule has 0 aliphatic carbocycles. The summed E-state index contributed by atoms with van der Waals surface area (Å²) in [6.07, 6.45) is 2.06. The van der Waals surface area contributed by atoms with E-state index in [4.69, 9.17) is 4.74 Å². The third-order valence-corrected chi connectivity index (χ3v) is 1.57. The predicted molar refractivity (Wildman–Crippen MR) is 47.4 cm³/mol. The summed E-state index contributed by atoms with van der Waals surface area (Å²) in [5.41, 5.74) is 3.58. The predicted octanol–water partition coefficient (Wildman–Crippen LogP) is 0.596. The minimum Gasteiger partial charge on any atom is -0.461 e. The first-order valence-corrected chi connectivity index (χ1v) is 4.53. The summed E-state index contributed by atoms with van der Waals surface area (Å²) >= 11 is 0. The quantitative estimate of drug-likeness (QED) is 0.490. The molecular weight excluding hydrogens is 154 g/mol. The first-order chi connectivity index (χ1) is 5.54. The molecule has 0 aromatic carbocycles. The van der Waals surface area contributed by atoms with Gasteiger partial charge in [0.1, 0.15) is 0 Å². The highest BCUT2D eigenvalue weighted by molar-refractivity contribution is 5.73. The Morgan fingerprint density at radius 1 is 1.42 bits per heavy atom. The lowest BCUT2D eigenvalue weighted by Crippen LogP contribution is -2.63. The molecule has 0 unspecified atom stereocenters. The molecule has 0 saturated heterocycles. The first kappa shape index (κ1) is 11.4. The van der Waals surface area contributed by atoms with Crippen molar-refractivity contribution in [3.63, 3.8) is 0 Å². The average molecular weight is 174 g/mol. The van der Waals surface area contributed by atoms with Crippen LogP contribution in [0.15, 0.2) is 0 Å². The second-order valence-electron chi connectivity index (χ2n) is 3.60. The van der Waals surface area contributed by atoms with E-state index < -0.39 is 0 Å². The van der Waals surface area contributed by atoms with Crippen LogP contribution in [0.1, 0.15) is 33.6 Å². The number of carbonyl (C=O) groups excluding carboxylic acids is 1. The van der Waals surface area contributed by atoms with Crippen LogP contribution in [0.2, 0.25) is 0 Å². The van der Waals surface area contributed by atoms with Crippen molar-refractivity contribution in [3.05, 3.63) is 0 Å². The van der Waals surface area contributed by atoms with Crippen LogP contribution in [0, 0.1) is 5.92 Å². The zero-order valence-electron chi connectivity index (χ0n) is 8.30. The van der Waals surface area contributed by atoms with E-state index >= 15 is 0 Å². The van der Waals surface area contributed by atoms with E-state index in [-0.39, 0.29) is 12.0 Å². The molecule has 0 aromatic heterocycles. The topological polar surface area (TPSA) is 53.9 Å². The SMILES string of the molecule is CC(C)CCCOC(=O)[C@H](C)[NH3+]. The molecule has 0 rings (SSSR count). The van der Waals surface area contributed by atoms with Crippen LogP contribution in [0.25, 0.3) is 0 Å². The zero-order chi connectivity index (χ0) is 9.56. The highest BCUT2D eigenvalue weighted by atomic mass is 16.5. The molecule has 0 saturated carbocycles. The zero-order valence-corrected chi connectivity index (χ0v) is 8.30. The fourth-order valence-electron chi connectivity index (χ4n) is 0.807. The minimum absolute atomic E-state index is 0.196. The smallest absolute Gasteiger partial charge is 0.364 e. The molecule has 0 heterocycles. The molecule has 12 heavy (non-hydrogen) atoms. The number of esters is 1. The van der Waals surface area contributed by atoms with Crippen molar-refractivity contribution in [2.75, 3.05) is 6.61 Å². The van der Waals surface area contributed by atoms with E-state index in [9.17, 15) is 4.79 Å². The van der Waals surface area contributed by atoms with Crippen molar-refractivity contribution < 1.29 is 15.3 Å². The maximum Gasteiger partial charge on any atom is 0.364 e. The van der Waals surface area contributed by atoms with E-state index in [1.54, 1.807) is 6.92 Å². The van der Waals surface area contributed by atoms with Crippen molar-refractivity contribution in [1.29, 1.82) is 0 Å². The van der Waals surface area contributed by atoms with E-state index in [1.807, 2.05) is 0 Å². The van der Waals surface area contributed by atoms with Gasteiger partial charge in [-0.1, -0.05) is 13.8 Å². The molecule has 1 atom stereocenters. The fourth-order valence-corrected chi connectivity index (χ4v) is 0.807. The molecule has 0 radical (unpaired) electrons. The van der Waals surface area contributed by atoms with Gasteiger partial charge in [0, 0.05) is 0 Å². The van der Waals surface area contributed by atoms with Crippen LogP contribution in [0.5, 0.6) is 0 Å². The van der Waals surface area contributed by atoms with Crippen LogP contribution in [-0.2, 0) is 9.53 Å². The van der Waals surface area contributed by atoms with E-state index in [2.05, 4.69) is 19.6 Å². The largest absolute Gasteiger partial charge is 0.461 e. The molecule has 0 bridgehead atoms. The third kappa shape index (κ3) is 6.16. The highest BCUT2D eigenvalue weighted by Crippen LogP contribution is 2.03. The molecule has 3 heteroatoms. The highest BCUT2D eigenvalue weighted by Gasteiger charge is 2.11. The Morgan fingerprint density at radius 2 is 2.00 bits per heavy atom. The van der Waals surface area contributed by atoms with E-state index in [0.29, 0.717) is 12.5 Å². The number of hydrogen-bond acceptors (Lipinski definition) is 2. The van der Waals surface area contributed by atoms with Crippen molar-refractivity contribution in [3.8, 4) is 0 Å². The summed E-state index contributed by atoms with van der Waals surface area (Å²) in [6, 6.07) is -0.246. The summed E-state index contributed by atoms with van der Waals surface area (Å²) in [4.78, 5) is 10.9. The van der Waals surface area contributed by atoms with Gasteiger partial charge in [-0.25, -0.2) is 4.79 Å². The lowest BCUT2D eigenvalue weighted by molar-refractivity contribution is -0.402. The van der Waals surface area contributed by atoms with E-state index in [1.165, 1.54) is 0 Å². The van der Waals surface area contributed by atoms with Gasteiger partial charge < -0.3 is 10.5 Å². The molecule has 3 nitrogen and oxygen atoms in total. The molecule has 0 aromatic rings. The minimum atomic E-state index is -0.246. The molecule has 3 N–H and O–H groups in total. The van der Waals surface area contributed by atoms with Gasteiger partial charge in [0.25, 0.3) is 0 Å². The Bertz CT molecular complexity index is 132. The number of carbonyl (C=O) groups is 1. The average Bonchev–Trinajstić information content (AvgIpc) is 1.97. The molecule has 0 fully saturated rings. The Hall–Kier alpha value is -0.570. The van der Waals surface area contributed by atoms with Crippen molar-refractivity contribution in [1.82, 2.24) is 0 Å². The Kier molecular flexibility index (Phi) is 5.72. The Morgan fingerprint density at radius 3 is 2.42 bits per heavy atom. The number of ether oxygens (including phenoxy) is 1. The standard InChI is InChI=1S/C9H19NO2/c1-7(2)5-4-6-12-9(11)8(3)10/h7-8H,4-6,10H2,1-3H3/p+1/t8-/m0/s1. The van der Waals surface area contributed by atoms with Gasteiger partial charge in [0.2, 0.25) is 0 Å². The van der Waals surface area contributed by atoms with Gasteiger partial charge in [0.15, 0.2) is 6.04 Å². The Balaban J connectivity index is 3.26. The summed E-state index contributed by atoms with van der Waals surface area (Å²) in [5.74, 6) is 0.486. The van der Waals surface area contributed by atoms with Crippen LogP contribution < -0.4 is 5.73 Å². The van der Waals surface area contributed by atoms with Crippen molar-refractivity contribution in [2.45, 2.75) is 39.7 Å². The lowest BCUT2D eigenvalue weighted by atomic mass is 10.1. The van der Waals surface area contributed by atoms with Gasteiger partial charge in [-0.3, -0.25) is 0 Å². The lowest BCUT2D eigenvalue weighted by Gasteiger charge is -2.06. The van der Waals surface area contributed by atoms with Crippen LogP contribution >= 0.6 is 0 Å². The normalized spacial score (nSPS) is 13.1. The second kappa shape index (κ2) is 6.00.